The molecule has 0 aromatic heterocycles. The van der Waals surface area contributed by atoms with Crippen molar-refractivity contribution in [3.63, 3.8) is 0 Å². The minimum Gasteiger partial charge on any atom is -0.330 e. The van der Waals surface area contributed by atoms with Crippen molar-refractivity contribution in [3.8, 4) is 0 Å². The van der Waals surface area contributed by atoms with Crippen molar-refractivity contribution in [1.29, 1.82) is 0 Å². The molecule has 0 spiro atoms. The van der Waals surface area contributed by atoms with Crippen LogP contribution < -0.4 is 5.73 Å². The second-order valence-electron chi connectivity index (χ2n) is 3.18. The standard InChI is InChI=1S/C12H17N/c1-2-3-4-11-5-7-12(8-6-11)9-10-13/h2,5-8H,1,3-4,9-10,13H2. The number of hydrogen-bond acceptors (Lipinski definition) is 1. The van der Waals surface area contributed by atoms with Gasteiger partial charge in [0, 0.05) is 0 Å². The van der Waals surface area contributed by atoms with Crippen LogP contribution in [0.1, 0.15) is 17.5 Å². The summed E-state index contributed by atoms with van der Waals surface area (Å²) in [6, 6.07) is 8.67. The molecule has 1 rings (SSSR count). The average molecular weight is 175 g/mol. The fourth-order valence-electron chi connectivity index (χ4n) is 1.31. The Morgan fingerprint density at radius 3 is 2.08 bits per heavy atom. The van der Waals surface area contributed by atoms with Crippen molar-refractivity contribution in [2.45, 2.75) is 19.3 Å². The number of aryl methyl sites for hydroxylation is 1. The third-order valence-electron chi connectivity index (χ3n) is 2.09. The summed E-state index contributed by atoms with van der Waals surface area (Å²) in [5.41, 5.74) is 8.17. The maximum atomic E-state index is 5.47. The predicted octanol–water partition coefficient (Wildman–Crippen LogP) is 2.31. The molecule has 0 saturated carbocycles. The van der Waals surface area contributed by atoms with Gasteiger partial charge in [-0.2, -0.15) is 0 Å². The van der Waals surface area contributed by atoms with Crippen molar-refractivity contribution in [2.75, 3.05) is 6.54 Å². The monoisotopic (exact) mass is 175 g/mol. The Morgan fingerprint density at radius 1 is 1.08 bits per heavy atom. The van der Waals surface area contributed by atoms with E-state index in [4.69, 9.17) is 5.73 Å². The zero-order chi connectivity index (χ0) is 9.52. The molecule has 0 unspecified atom stereocenters. The predicted molar refractivity (Wildman–Crippen MR) is 57.7 cm³/mol. The Morgan fingerprint density at radius 2 is 1.62 bits per heavy atom. The lowest BCUT2D eigenvalue weighted by molar-refractivity contribution is 0.958. The summed E-state index contributed by atoms with van der Waals surface area (Å²) in [5.74, 6) is 0. The summed E-state index contributed by atoms with van der Waals surface area (Å²) < 4.78 is 0. The van der Waals surface area contributed by atoms with Gasteiger partial charge >= 0.3 is 0 Å². The summed E-state index contributed by atoms with van der Waals surface area (Å²) in [6.45, 7) is 4.43. The second kappa shape index (κ2) is 5.55. The van der Waals surface area contributed by atoms with E-state index >= 15 is 0 Å². The molecule has 0 aliphatic carbocycles. The molecule has 0 saturated heterocycles. The first-order valence-electron chi connectivity index (χ1n) is 4.75. The van der Waals surface area contributed by atoms with Gasteiger partial charge in [0.1, 0.15) is 0 Å². The van der Waals surface area contributed by atoms with E-state index in [9.17, 15) is 0 Å². The minimum absolute atomic E-state index is 0.728. The van der Waals surface area contributed by atoms with Gasteiger partial charge in [-0.15, -0.1) is 6.58 Å². The Bertz CT molecular complexity index is 248. The van der Waals surface area contributed by atoms with Crippen LogP contribution in [0.15, 0.2) is 36.9 Å². The minimum atomic E-state index is 0.728. The van der Waals surface area contributed by atoms with E-state index in [-0.39, 0.29) is 0 Å². The fraction of sp³-hybridized carbons (Fsp3) is 0.333. The molecule has 0 radical (unpaired) electrons. The normalized spacial score (nSPS) is 9.92. The molecule has 13 heavy (non-hydrogen) atoms. The number of nitrogens with two attached hydrogens (primary N) is 1. The van der Waals surface area contributed by atoms with Crippen LogP contribution in [0.3, 0.4) is 0 Å². The molecule has 0 heterocycles. The lowest BCUT2D eigenvalue weighted by Crippen LogP contribution is -2.02. The zero-order valence-corrected chi connectivity index (χ0v) is 8.00. The van der Waals surface area contributed by atoms with Gasteiger partial charge in [0.05, 0.1) is 0 Å². The van der Waals surface area contributed by atoms with E-state index < -0.39 is 0 Å². The van der Waals surface area contributed by atoms with Crippen LogP contribution in [-0.4, -0.2) is 6.54 Å². The van der Waals surface area contributed by atoms with Crippen molar-refractivity contribution < 1.29 is 0 Å². The van der Waals surface area contributed by atoms with Gasteiger partial charge < -0.3 is 5.73 Å². The topological polar surface area (TPSA) is 26.0 Å². The molecule has 1 heteroatoms. The van der Waals surface area contributed by atoms with Gasteiger partial charge in [-0.25, -0.2) is 0 Å². The van der Waals surface area contributed by atoms with Crippen molar-refractivity contribution in [2.24, 2.45) is 5.73 Å². The molecule has 1 nitrogen and oxygen atoms in total. The highest BCUT2D eigenvalue weighted by Crippen LogP contribution is 2.07. The Balaban J connectivity index is 2.53. The van der Waals surface area contributed by atoms with E-state index in [2.05, 4.69) is 30.8 Å². The lowest BCUT2D eigenvalue weighted by Gasteiger charge is -2.01. The molecule has 0 bridgehead atoms. The summed E-state index contributed by atoms with van der Waals surface area (Å²) in [6.07, 6.45) is 5.07. The van der Waals surface area contributed by atoms with Crippen molar-refractivity contribution in [3.05, 3.63) is 48.0 Å². The molecule has 2 N–H and O–H groups in total. The number of benzene rings is 1. The highest BCUT2D eigenvalue weighted by molar-refractivity contribution is 5.23. The van der Waals surface area contributed by atoms with Gasteiger partial charge in [0.15, 0.2) is 0 Å². The molecule has 0 aliphatic rings. The largest absolute Gasteiger partial charge is 0.330 e. The van der Waals surface area contributed by atoms with E-state index in [1.165, 1.54) is 11.1 Å². The first kappa shape index (κ1) is 10.0. The van der Waals surface area contributed by atoms with E-state index in [0.29, 0.717) is 0 Å². The van der Waals surface area contributed by atoms with Crippen LogP contribution in [0.4, 0.5) is 0 Å². The molecule has 1 aromatic carbocycles. The smallest absolute Gasteiger partial charge is 0.00367 e. The van der Waals surface area contributed by atoms with Gasteiger partial charge in [-0.05, 0) is 36.9 Å². The van der Waals surface area contributed by atoms with Crippen molar-refractivity contribution in [1.82, 2.24) is 0 Å². The summed E-state index contributed by atoms with van der Waals surface area (Å²) >= 11 is 0. The lowest BCUT2D eigenvalue weighted by atomic mass is 10.1. The highest BCUT2D eigenvalue weighted by Gasteiger charge is 1.92. The highest BCUT2D eigenvalue weighted by atomic mass is 14.5. The summed E-state index contributed by atoms with van der Waals surface area (Å²) in [5, 5.41) is 0. The molecular weight excluding hydrogens is 158 g/mol. The van der Waals surface area contributed by atoms with Crippen LogP contribution in [0.5, 0.6) is 0 Å². The fourth-order valence-corrected chi connectivity index (χ4v) is 1.31. The Kier molecular flexibility index (Phi) is 4.27. The first-order chi connectivity index (χ1) is 6.36. The second-order valence-corrected chi connectivity index (χ2v) is 3.18. The number of allylic oxidation sites excluding steroid dienone is 1. The van der Waals surface area contributed by atoms with Crippen LogP contribution in [0.2, 0.25) is 0 Å². The first-order valence-corrected chi connectivity index (χ1v) is 4.75. The maximum Gasteiger partial charge on any atom is -0.00367 e. The van der Waals surface area contributed by atoms with E-state index in [0.717, 1.165) is 25.8 Å². The molecule has 70 valence electrons. The van der Waals surface area contributed by atoms with Gasteiger partial charge in [0.25, 0.3) is 0 Å². The molecule has 0 aliphatic heterocycles. The number of hydrogen-bond donors (Lipinski definition) is 1. The van der Waals surface area contributed by atoms with Gasteiger partial charge in [-0.1, -0.05) is 30.3 Å². The Hall–Kier alpha value is -1.08. The maximum absolute atomic E-state index is 5.47. The number of rotatable bonds is 5. The van der Waals surface area contributed by atoms with E-state index in [1.54, 1.807) is 0 Å². The average Bonchev–Trinajstić information content (AvgIpc) is 2.17. The quantitative estimate of drug-likeness (QED) is 0.683. The third-order valence-corrected chi connectivity index (χ3v) is 2.09. The van der Waals surface area contributed by atoms with E-state index in [1.807, 2.05) is 6.08 Å². The summed E-state index contributed by atoms with van der Waals surface area (Å²) in [4.78, 5) is 0. The zero-order valence-electron chi connectivity index (χ0n) is 8.00. The molecule has 0 atom stereocenters. The molecule has 0 fully saturated rings. The third kappa shape index (κ3) is 3.43. The van der Waals surface area contributed by atoms with Gasteiger partial charge in [0.2, 0.25) is 0 Å². The van der Waals surface area contributed by atoms with Crippen molar-refractivity contribution >= 4 is 0 Å². The molecule has 0 amide bonds. The van der Waals surface area contributed by atoms with Crippen LogP contribution in [-0.2, 0) is 12.8 Å². The molecule has 1 aromatic rings. The summed E-state index contributed by atoms with van der Waals surface area (Å²) in [7, 11) is 0. The SMILES string of the molecule is C=CCCc1ccc(CCN)cc1. The van der Waals surface area contributed by atoms with Gasteiger partial charge in [-0.3, -0.25) is 0 Å². The van der Waals surface area contributed by atoms with Crippen LogP contribution in [0, 0.1) is 0 Å². The van der Waals surface area contributed by atoms with Crippen LogP contribution >= 0.6 is 0 Å². The molecular formula is C12H17N. The van der Waals surface area contributed by atoms with Crippen LogP contribution in [0.25, 0.3) is 0 Å². The Labute approximate surface area is 80.3 Å².